The van der Waals surface area contributed by atoms with Crippen molar-refractivity contribution >= 4 is 36.4 Å². The minimum absolute atomic E-state index is 0. The van der Waals surface area contributed by atoms with Crippen LogP contribution in [0.25, 0.3) is 0 Å². The number of para-hydroxylation sites is 1. The van der Waals surface area contributed by atoms with Gasteiger partial charge in [0, 0.05) is 38.4 Å². The van der Waals surface area contributed by atoms with Crippen molar-refractivity contribution in [3.63, 3.8) is 0 Å². The second-order valence-corrected chi connectivity index (χ2v) is 5.84. The van der Waals surface area contributed by atoms with Gasteiger partial charge in [-0.05, 0) is 30.9 Å². The highest BCUT2D eigenvalue weighted by Crippen LogP contribution is 2.29. The summed E-state index contributed by atoms with van der Waals surface area (Å²) in [6.45, 7) is 5.46. The molecule has 3 rings (SSSR count). The Morgan fingerprint density at radius 1 is 1.05 bits per heavy atom. The van der Waals surface area contributed by atoms with E-state index in [0.29, 0.717) is 6.54 Å². The van der Waals surface area contributed by atoms with Gasteiger partial charge in [0.1, 0.15) is 0 Å². The molecular formula is C16H25Cl2N3O. The standard InChI is InChI=1S/C16H23N3O.2ClH/c20-16(12-17-15-4-2-1-3-5-15)19-10-8-18(9-11-19)13-14-6-7-14;;/h1-5,14,17H,6-13H2;2*1H. The van der Waals surface area contributed by atoms with Gasteiger partial charge in [-0.15, -0.1) is 24.8 Å². The fraction of sp³-hybridized carbons (Fsp3) is 0.562. The second kappa shape index (κ2) is 9.23. The van der Waals surface area contributed by atoms with Gasteiger partial charge in [0.05, 0.1) is 6.54 Å². The molecule has 1 saturated heterocycles. The molecule has 1 saturated carbocycles. The smallest absolute Gasteiger partial charge is 0.241 e. The fourth-order valence-electron chi connectivity index (χ4n) is 2.69. The molecule has 1 N–H and O–H groups in total. The van der Waals surface area contributed by atoms with Crippen molar-refractivity contribution in [1.29, 1.82) is 0 Å². The molecule has 0 spiro atoms. The van der Waals surface area contributed by atoms with Crippen LogP contribution in [0.5, 0.6) is 0 Å². The predicted molar refractivity (Wildman–Crippen MR) is 95.2 cm³/mol. The van der Waals surface area contributed by atoms with Gasteiger partial charge in [0.15, 0.2) is 0 Å². The SMILES string of the molecule is Cl.Cl.O=C(CNc1ccccc1)N1CCN(CC2CC2)CC1. The number of hydrogen-bond donors (Lipinski definition) is 1. The molecule has 1 heterocycles. The molecule has 2 aliphatic rings. The summed E-state index contributed by atoms with van der Waals surface area (Å²) >= 11 is 0. The van der Waals surface area contributed by atoms with E-state index in [0.717, 1.165) is 37.8 Å². The first-order chi connectivity index (χ1) is 9.81. The molecule has 1 aliphatic carbocycles. The van der Waals surface area contributed by atoms with Crippen LogP contribution in [-0.4, -0.2) is 55.0 Å². The van der Waals surface area contributed by atoms with Crippen molar-refractivity contribution in [2.24, 2.45) is 5.92 Å². The Morgan fingerprint density at radius 3 is 2.27 bits per heavy atom. The van der Waals surface area contributed by atoms with Crippen LogP contribution in [0.3, 0.4) is 0 Å². The summed E-state index contributed by atoms with van der Waals surface area (Å²) in [6.07, 6.45) is 2.81. The number of carbonyl (C=O) groups excluding carboxylic acids is 1. The number of halogens is 2. The minimum atomic E-state index is 0. The van der Waals surface area contributed by atoms with Gasteiger partial charge < -0.3 is 10.2 Å². The second-order valence-electron chi connectivity index (χ2n) is 5.84. The first kappa shape index (κ1) is 19.1. The Balaban J connectivity index is 0.00000121. The van der Waals surface area contributed by atoms with Crippen LogP contribution < -0.4 is 5.32 Å². The molecule has 1 aliphatic heterocycles. The van der Waals surface area contributed by atoms with Gasteiger partial charge in [-0.2, -0.15) is 0 Å². The van der Waals surface area contributed by atoms with Gasteiger partial charge in [0.25, 0.3) is 0 Å². The number of anilines is 1. The zero-order valence-corrected chi connectivity index (χ0v) is 14.4. The van der Waals surface area contributed by atoms with Gasteiger partial charge >= 0.3 is 0 Å². The largest absolute Gasteiger partial charge is 0.376 e. The number of nitrogens with zero attached hydrogens (tertiary/aromatic N) is 2. The van der Waals surface area contributed by atoms with E-state index >= 15 is 0 Å². The Morgan fingerprint density at radius 2 is 1.68 bits per heavy atom. The molecule has 22 heavy (non-hydrogen) atoms. The normalized spacial score (nSPS) is 18.1. The highest BCUT2D eigenvalue weighted by Gasteiger charge is 2.27. The summed E-state index contributed by atoms with van der Waals surface area (Å²) in [7, 11) is 0. The fourth-order valence-corrected chi connectivity index (χ4v) is 2.69. The lowest BCUT2D eigenvalue weighted by Crippen LogP contribution is -2.50. The number of hydrogen-bond acceptors (Lipinski definition) is 3. The molecule has 6 heteroatoms. The molecule has 1 aromatic carbocycles. The molecule has 1 aromatic rings. The predicted octanol–water partition coefficient (Wildman–Crippen LogP) is 2.50. The third-order valence-corrected chi connectivity index (χ3v) is 4.16. The van der Waals surface area contributed by atoms with Crippen molar-refractivity contribution in [3.8, 4) is 0 Å². The van der Waals surface area contributed by atoms with E-state index in [1.807, 2.05) is 35.2 Å². The van der Waals surface area contributed by atoms with Gasteiger partial charge in [-0.1, -0.05) is 18.2 Å². The summed E-state index contributed by atoms with van der Waals surface area (Å²) in [5.74, 6) is 1.15. The van der Waals surface area contributed by atoms with Crippen LogP contribution >= 0.6 is 24.8 Å². The zero-order chi connectivity index (χ0) is 13.8. The summed E-state index contributed by atoms with van der Waals surface area (Å²) in [6, 6.07) is 9.90. The van der Waals surface area contributed by atoms with E-state index < -0.39 is 0 Å². The molecule has 4 nitrogen and oxygen atoms in total. The van der Waals surface area contributed by atoms with Crippen LogP contribution in [0.15, 0.2) is 30.3 Å². The minimum Gasteiger partial charge on any atom is -0.376 e. The monoisotopic (exact) mass is 345 g/mol. The number of piperazine rings is 1. The molecule has 0 atom stereocenters. The number of carbonyl (C=O) groups is 1. The van der Waals surface area contributed by atoms with Crippen molar-refractivity contribution < 1.29 is 4.79 Å². The van der Waals surface area contributed by atoms with Crippen LogP contribution in [0.2, 0.25) is 0 Å². The van der Waals surface area contributed by atoms with Gasteiger partial charge in [-0.25, -0.2) is 0 Å². The Bertz CT molecular complexity index is 446. The number of benzene rings is 1. The maximum atomic E-state index is 12.2. The maximum Gasteiger partial charge on any atom is 0.241 e. The lowest BCUT2D eigenvalue weighted by Gasteiger charge is -2.34. The summed E-state index contributed by atoms with van der Waals surface area (Å²) < 4.78 is 0. The maximum absolute atomic E-state index is 12.2. The molecule has 0 radical (unpaired) electrons. The lowest BCUT2D eigenvalue weighted by atomic mass is 10.2. The third-order valence-electron chi connectivity index (χ3n) is 4.16. The molecule has 0 aromatic heterocycles. The van der Waals surface area contributed by atoms with E-state index in [9.17, 15) is 4.79 Å². The van der Waals surface area contributed by atoms with Gasteiger partial charge in [0.2, 0.25) is 5.91 Å². The zero-order valence-electron chi connectivity index (χ0n) is 12.7. The Hall–Kier alpha value is -0.970. The molecule has 124 valence electrons. The van der Waals surface area contributed by atoms with Crippen molar-refractivity contribution in [3.05, 3.63) is 30.3 Å². The summed E-state index contributed by atoms with van der Waals surface area (Å²) in [5, 5.41) is 3.19. The van der Waals surface area contributed by atoms with E-state index in [4.69, 9.17) is 0 Å². The first-order valence-electron chi connectivity index (χ1n) is 7.60. The van der Waals surface area contributed by atoms with Crippen LogP contribution in [0.1, 0.15) is 12.8 Å². The third kappa shape index (κ3) is 5.67. The number of amides is 1. The van der Waals surface area contributed by atoms with E-state index in [-0.39, 0.29) is 30.7 Å². The van der Waals surface area contributed by atoms with Crippen LogP contribution in [-0.2, 0) is 4.79 Å². The van der Waals surface area contributed by atoms with E-state index in [2.05, 4.69) is 10.2 Å². The van der Waals surface area contributed by atoms with Crippen molar-refractivity contribution in [2.75, 3.05) is 44.6 Å². The molecule has 2 fully saturated rings. The first-order valence-corrected chi connectivity index (χ1v) is 7.60. The number of rotatable bonds is 5. The molecule has 0 bridgehead atoms. The Kier molecular flexibility index (Phi) is 8.01. The number of nitrogens with one attached hydrogen (secondary N) is 1. The van der Waals surface area contributed by atoms with Crippen LogP contribution in [0, 0.1) is 5.92 Å². The molecule has 0 unspecified atom stereocenters. The van der Waals surface area contributed by atoms with E-state index in [1.54, 1.807) is 0 Å². The summed E-state index contributed by atoms with van der Waals surface area (Å²) in [4.78, 5) is 16.6. The van der Waals surface area contributed by atoms with Gasteiger partial charge in [-0.3, -0.25) is 9.69 Å². The van der Waals surface area contributed by atoms with Crippen LogP contribution in [0.4, 0.5) is 5.69 Å². The van der Waals surface area contributed by atoms with E-state index in [1.165, 1.54) is 19.4 Å². The highest BCUT2D eigenvalue weighted by molar-refractivity contribution is 5.85. The van der Waals surface area contributed by atoms with Crippen molar-refractivity contribution in [1.82, 2.24) is 9.80 Å². The Labute approximate surface area is 145 Å². The average Bonchev–Trinajstić information content (AvgIpc) is 3.31. The van der Waals surface area contributed by atoms with Crippen molar-refractivity contribution in [2.45, 2.75) is 12.8 Å². The topological polar surface area (TPSA) is 35.6 Å². The highest BCUT2D eigenvalue weighted by atomic mass is 35.5. The average molecular weight is 346 g/mol. The lowest BCUT2D eigenvalue weighted by molar-refractivity contribution is -0.131. The quantitative estimate of drug-likeness (QED) is 0.890. The summed E-state index contributed by atoms with van der Waals surface area (Å²) in [5.41, 5.74) is 1.01. The molecule has 1 amide bonds. The molecular weight excluding hydrogens is 321 g/mol.